The molecule has 0 fully saturated rings. The van der Waals surface area contributed by atoms with Crippen LogP contribution in [0.4, 0.5) is 5.69 Å². The van der Waals surface area contributed by atoms with Crippen LogP contribution in [0.5, 0.6) is 0 Å². The molecule has 174 valence electrons. The Morgan fingerprint density at radius 1 is 1.27 bits per heavy atom. The molecule has 0 aliphatic heterocycles. The second-order valence-electron chi connectivity index (χ2n) is 7.23. The van der Waals surface area contributed by atoms with Gasteiger partial charge in [-0.1, -0.05) is 43.6 Å². The van der Waals surface area contributed by atoms with E-state index in [1.807, 2.05) is 38.1 Å². The van der Waals surface area contributed by atoms with E-state index < -0.39 is 10.8 Å². The van der Waals surface area contributed by atoms with Crippen molar-refractivity contribution in [1.82, 2.24) is 25.0 Å². The van der Waals surface area contributed by atoms with Gasteiger partial charge >= 0.3 is 0 Å². The summed E-state index contributed by atoms with van der Waals surface area (Å²) in [7, 11) is 1.75. The number of rotatable bonds is 10. The number of nitro benzene ring substituents is 1. The number of likely N-dealkylation sites (N-methyl/N-ethyl adjacent to an activating group) is 1. The van der Waals surface area contributed by atoms with Crippen LogP contribution < -0.4 is 5.32 Å². The Morgan fingerprint density at radius 3 is 2.61 bits per heavy atom. The van der Waals surface area contributed by atoms with Gasteiger partial charge in [-0.3, -0.25) is 19.8 Å². The first-order valence-electron chi connectivity index (χ1n) is 10.4. The number of halogens is 1. The Labute approximate surface area is 201 Å². The Hall–Kier alpha value is -2.95. The second-order valence-corrected chi connectivity index (χ2v) is 8.65. The number of benzene rings is 2. The van der Waals surface area contributed by atoms with Crippen LogP contribution in [0.15, 0.2) is 58.8 Å². The number of aromatic nitrogens is 3. The molecule has 3 aromatic rings. The summed E-state index contributed by atoms with van der Waals surface area (Å²) in [6.45, 7) is 5.97. The Balaban J connectivity index is 1.81. The molecule has 1 N–H and O–H groups in total. The number of nitro groups is 1. The number of nitrogens with zero attached hydrogens (tertiary/aromatic N) is 5. The summed E-state index contributed by atoms with van der Waals surface area (Å²) in [5.74, 6) is -0.391. The molecule has 1 unspecified atom stereocenters. The van der Waals surface area contributed by atoms with Crippen LogP contribution in [0, 0.1) is 10.1 Å². The quantitative estimate of drug-likeness (QED) is 0.334. The maximum absolute atomic E-state index is 12.9. The third kappa shape index (κ3) is 5.89. The first-order chi connectivity index (χ1) is 15.8. The number of hydrogen-bond donors (Lipinski definition) is 1. The fraction of sp³-hybridized carbons (Fsp3) is 0.318. The summed E-state index contributed by atoms with van der Waals surface area (Å²) in [5.41, 5.74) is 0.966. The van der Waals surface area contributed by atoms with Crippen molar-refractivity contribution in [2.75, 3.05) is 19.6 Å². The molecule has 0 radical (unpaired) electrons. The molecular weight excluding hydrogens is 464 g/mol. The van der Waals surface area contributed by atoms with Crippen molar-refractivity contribution in [3.05, 3.63) is 75.1 Å². The maximum atomic E-state index is 12.9. The van der Waals surface area contributed by atoms with Crippen molar-refractivity contribution in [3.63, 3.8) is 0 Å². The van der Waals surface area contributed by atoms with Crippen LogP contribution in [0.2, 0.25) is 5.02 Å². The third-order valence-corrected chi connectivity index (χ3v) is 6.72. The van der Waals surface area contributed by atoms with Gasteiger partial charge in [-0.25, -0.2) is 0 Å². The number of nitrogens with one attached hydrogen (secondary N) is 1. The van der Waals surface area contributed by atoms with E-state index >= 15 is 0 Å². The first-order valence-corrected chi connectivity index (χ1v) is 11.6. The summed E-state index contributed by atoms with van der Waals surface area (Å²) in [6, 6.07) is 11.8. The smallest absolute Gasteiger partial charge is 0.284 e. The third-order valence-electron chi connectivity index (χ3n) is 5.26. The molecule has 3 rings (SSSR count). The Kier molecular flexibility index (Phi) is 8.43. The van der Waals surface area contributed by atoms with Gasteiger partial charge in [0.15, 0.2) is 5.16 Å². The average molecular weight is 489 g/mol. The summed E-state index contributed by atoms with van der Waals surface area (Å²) >= 11 is 7.54. The lowest BCUT2D eigenvalue weighted by atomic mass is 10.0. The van der Waals surface area contributed by atoms with E-state index in [-0.39, 0.29) is 17.3 Å². The van der Waals surface area contributed by atoms with Crippen LogP contribution in [0.25, 0.3) is 0 Å². The maximum Gasteiger partial charge on any atom is 0.284 e. The molecule has 0 aliphatic carbocycles. The minimum atomic E-state index is -0.502. The Bertz CT molecular complexity index is 1130. The summed E-state index contributed by atoms with van der Waals surface area (Å²) in [4.78, 5) is 26.6. The highest BCUT2D eigenvalue weighted by Crippen LogP contribution is 2.34. The van der Waals surface area contributed by atoms with E-state index in [0.29, 0.717) is 21.6 Å². The van der Waals surface area contributed by atoms with E-state index in [9.17, 15) is 14.9 Å². The lowest BCUT2D eigenvalue weighted by Crippen LogP contribution is -2.38. The zero-order valence-corrected chi connectivity index (χ0v) is 20.1. The summed E-state index contributed by atoms with van der Waals surface area (Å²) in [6.07, 6.45) is 1.52. The minimum absolute atomic E-state index is 0.127. The second kappa shape index (κ2) is 11.3. The van der Waals surface area contributed by atoms with E-state index in [4.69, 9.17) is 11.6 Å². The predicted molar refractivity (Wildman–Crippen MR) is 128 cm³/mol. The fourth-order valence-electron chi connectivity index (χ4n) is 3.49. The van der Waals surface area contributed by atoms with Crippen molar-refractivity contribution in [1.29, 1.82) is 0 Å². The van der Waals surface area contributed by atoms with Gasteiger partial charge in [0.2, 0.25) is 0 Å². The van der Waals surface area contributed by atoms with E-state index in [2.05, 4.69) is 20.4 Å². The highest BCUT2D eigenvalue weighted by molar-refractivity contribution is 7.99. The molecule has 1 aromatic heterocycles. The summed E-state index contributed by atoms with van der Waals surface area (Å²) in [5, 5.41) is 23.4. The van der Waals surface area contributed by atoms with E-state index in [1.54, 1.807) is 23.7 Å². The molecule has 0 bridgehead atoms. The van der Waals surface area contributed by atoms with Crippen LogP contribution in [-0.2, 0) is 7.05 Å². The van der Waals surface area contributed by atoms with Gasteiger partial charge < -0.3 is 9.88 Å². The molecule has 0 aliphatic rings. The zero-order valence-electron chi connectivity index (χ0n) is 18.6. The zero-order chi connectivity index (χ0) is 24.0. The topological polar surface area (TPSA) is 106 Å². The van der Waals surface area contributed by atoms with Crippen molar-refractivity contribution >= 4 is 35.0 Å². The lowest BCUT2D eigenvalue weighted by molar-refractivity contribution is -0.387. The lowest BCUT2D eigenvalue weighted by Gasteiger charge is -2.31. The fourth-order valence-corrected chi connectivity index (χ4v) is 4.60. The van der Waals surface area contributed by atoms with Crippen molar-refractivity contribution in [2.24, 2.45) is 7.05 Å². The van der Waals surface area contributed by atoms with Gasteiger partial charge in [0, 0.05) is 30.2 Å². The molecule has 11 heteroatoms. The minimum Gasteiger partial charge on any atom is -0.350 e. The highest BCUT2D eigenvalue weighted by Gasteiger charge is 2.23. The number of carbonyl (C=O) groups excluding carboxylic acids is 1. The largest absolute Gasteiger partial charge is 0.350 e. The molecule has 1 heterocycles. The number of hydrogen-bond acceptors (Lipinski definition) is 7. The van der Waals surface area contributed by atoms with Crippen LogP contribution in [0.1, 0.15) is 35.8 Å². The molecule has 2 aromatic carbocycles. The van der Waals surface area contributed by atoms with Crippen LogP contribution >= 0.6 is 23.4 Å². The summed E-state index contributed by atoms with van der Waals surface area (Å²) < 4.78 is 1.66. The van der Waals surface area contributed by atoms with Crippen LogP contribution in [0.3, 0.4) is 0 Å². The molecule has 1 amide bonds. The van der Waals surface area contributed by atoms with Gasteiger partial charge in [-0.2, -0.15) is 0 Å². The molecule has 1 atom stereocenters. The van der Waals surface area contributed by atoms with E-state index in [0.717, 1.165) is 30.4 Å². The molecule has 33 heavy (non-hydrogen) atoms. The number of carbonyl (C=O) groups is 1. The van der Waals surface area contributed by atoms with Gasteiger partial charge in [-0.05, 0) is 48.6 Å². The Morgan fingerprint density at radius 2 is 2.00 bits per heavy atom. The van der Waals surface area contributed by atoms with Gasteiger partial charge in [-0.15, -0.1) is 10.2 Å². The standard InChI is InChI=1S/C22H25ClN6O3S/c1-4-28(5-2)19(16-8-6-7-9-17(16)23)13-24-21(30)15-10-11-20(18(12-15)29(31)32)33-22-26-25-14-27(22)3/h6-12,14,19H,4-5,13H2,1-3H3,(H,24,30). The van der Waals surface area contributed by atoms with Crippen LogP contribution in [-0.4, -0.2) is 50.1 Å². The first kappa shape index (κ1) is 24.7. The van der Waals surface area contributed by atoms with Gasteiger partial charge in [0.1, 0.15) is 6.33 Å². The average Bonchev–Trinajstić information content (AvgIpc) is 3.21. The molecule has 0 spiro atoms. The van der Waals surface area contributed by atoms with Gasteiger partial charge in [0.25, 0.3) is 11.6 Å². The van der Waals surface area contributed by atoms with E-state index in [1.165, 1.54) is 12.4 Å². The normalized spacial score (nSPS) is 12.0. The van der Waals surface area contributed by atoms with Crippen molar-refractivity contribution in [2.45, 2.75) is 29.9 Å². The van der Waals surface area contributed by atoms with Gasteiger partial charge in [0.05, 0.1) is 15.9 Å². The SMILES string of the molecule is CCN(CC)C(CNC(=O)c1ccc(Sc2nncn2C)c([N+](=O)[O-])c1)c1ccccc1Cl. The van der Waals surface area contributed by atoms with Crippen molar-refractivity contribution in [3.8, 4) is 0 Å². The van der Waals surface area contributed by atoms with Crippen molar-refractivity contribution < 1.29 is 9.72 Å². The predicted octanol–water partition coefficient (Wildman–Crippen LogP) is 4.34. The molecule has 0 saturated heterocycles. The monoisotopic (exact) mass is 488 g/mol. The molecule has 9 nitrogen and oxygen atoms in total. The highest BCUT2D eigenvalue weighted by atomic mass is 35.5. The number of amides is 1. The molecular formula is C22H25ClN6O3S. The number of aryl methyl sites for hydroxylation is 1. The molecule has 0 saturated carbocycles.